The van der Waals surface area contributed by atoms with Gasteiger partial charge in [-0.1, -0.05) is 233 Å². The van der Waals surface area contributed by atoms with Crippen LogP contribution in [0.3, 0.4) is 0 Å². The van der Waals surface area contributed by atoms with Crippen molar-refractivity contribution in [2.24, 2.45) is 0 Å². The molecule has 94 heavy (non-hydrogen) atoms. The van der Waals surface area contributed by atoms with Crippen molar-refractivity contribution in [1.82, 2.24) is 9.13 Å². The van der Waals surface area contributed by atoms with Gasteiger partial charge in [0.25, 0.3) is 0 Å². The fourth-order valence-electron chi connectivity index (χ4n) is 17.1. The van der Waals surface area contributed by atoms with Gasteiger partial charge in [-0.2, -0.15) is 0 Å². The van der Waals surface area contributed by atoms with Gasteiger partial charge in [0.2, 0.25) is 0 Å². The molecule has 2 aliphatic carbocycles. The second kappa shape index (κ2) is 23.2. The van der Waals surface area contributed by atoms with Gasteiger partial charge in [0.1, 0.15) is 0 Å². The van der Waals surface area contributed by atoms with E-state index < -0.39 is 0 Å². The average molecular weight is 1210 g/mol. The Morgan fingerprint density at radius 2 is 0.702 bits per heavy atom. The molecule has 14 aromatic carbocycles. The number of hydrogen-bond acceptors (Lipinski definition) is 2. The summed E-state index contributed by atoms with van der Waals surface area (Å²) < 4.78 is 5.04. The van der Waals surface area contributed by atoms with E-state index in [9.17, 15) is 0 Å². The van der Waals surface area contributed by atoms with Crippen LogP contribution in [0.15, 0.2) is 279 Å². The Bertz CT molecular complexity index is 5230. The Kier molecular flexibility index (Phi) is 13.8. The van der Waals surface area contributed by atoms with Crippen LogP contribution in [0.25, 0.3) is 110 Å². The van der Waals surface area contributed by atoms with Crippen LogP contribution in [0.4, 0.5) is 22.7 Å². The minimum Gasteiger partial charge on any atom is -0.333 e. The normalized spacial score (nSPS) is 14.8. The molecule has 0 amide bonds. The minimum atomic E-state index is 0.106. The summed E-state index contributed by atoms with van der Waals surface area (Å²) in [7, 11) is 0. The second-order valence-electron chi connectivity index (χ2n) is 26.6. The van der Waals surface area contributed by atoms with Crippen LogP contribution >= 0.6 is 0 Å². The van der Waals surface area contributed by atoms with Crippen LogP contribution < -0.4 is 9.80 Å². The molecule has 0 saturated carbocycles. The average Bonchev–Trinajstić information content (AvgIpc) is 0.845. The molecule has 16 aromatic rings. The van der Waals surface area contributed by atoms with Crippen molar-refractivity contribution in [3.63, 3.8) is 0 Å². The highest BCUT2D eigenvalue weighted by Crippen LogP contribution is 2.53. The van der Waals surface area contributed by atoms with Gasteiger partial charge < -0.3 is 18.9 Å². The lowest BCUT2D eigenvalue weighted by molar-refractivity contribution is 0.559. The summed E-state index contributed by atoms with van der Waals surface area (Å²) in [5.74, 6) is 0. The lowest BCUT2D eigenvalue weighted by atomic mass is 9.83. The van der Waals surface area contributed by atoms with E-state index in [4.69, 9.17) is 0 Å². The summed E-state index contributed by atoms with van der Waals surface area (Å²) in [6, 6.07) is 107. The molecule has 2 unspecified atom stereocenters. The fraction of sp³-hybridized carbons (Fsp3) is 0.156. The molecule has 0 spiro atoms. The molecule has 0 saturated heterocycles. The molecule has 0 aliphatic heterocycles. The summed E-state index contributed by atoms with van der Waals surface area (Å²) in [4.78, 5) is 5.60. The maximum atomic E-state index is 2.80. The van der Waals surface area contributed by atoms with Crippen LogP contribution in [0.5, 0.6) is 0 Å². The molecule has 4 heteroatoms. The lowest BCUT2D eigenvalue weighted by Gasteiger charge is -2.40. The third-order valence-corrected chi connectivity index (χ3v) is 21.2. The van der Waals surface area contributed by atoms with Crippen LogP contribution in [0, 0.1) is 0 Å². The Morgan fingerprint density at radius 1 is 0.319 bits per heavy atom. The molecule has 0 bridgehead atoms. The van der Waals surface area contributed by atoms with E-state index in [-0.39, 0.29) is 12.1 Å². The molecular formula is C90H74N4. The van der Waals surface area contributed by atoms with E-state index in [0.29, 0.717) is 0 Å². The zero-order valence-electron chi connectivity index (χ0n) is 53.6. The topological polar surface area (TPSA) is 16.3 Å². The van der Waals surface area contributed by atoms with Crippen molar-refractivity contribution >= 4 is 98.7 Å². The number of para-hydroxylation sites is 2. The summed E-state index contributed by atoms with van der Waals surface area (Å²) in [6.45, 7) is 4.72. The third kappa shape index (κ3) is 9.16. The maximum absolute atomic E-state index is 2.80. The molecule has 0 radical (unpaired) electrons. The van der Waals surface area contributed by atoms with Crippen LogP contribution in [-0.4, -0.2) is 9.13 Å². The van der Waals surface area contributed by atoms with Crippen molar-refractivity contribution in [3.05, 3.63) is 312 Å². The number of nitrogens with zero attached hydrogens (tertiary/aromatic N) is 4. The zero-order chi connectivity index (χ0) is 62.4. The van der Waals surface area contributed by atoms with Crippen LogP contribution in [0.2, 0.25) is 0 Å². The predicted octanol–water partition coefficient (Wildman–Crippen LogP) is 24.4. The van der Waals surface area contributed by atoms with Gasteiger partial charge in [0.15, 0.2) is 0 Å². The van der Waals surface area contributed by atoms with Gasteiger partial charge in [-0.05, 0) is 201 Å². The number of anilines is 4. The quantitative estimate of drug-likeness (QED) is 0.101. The van der Waals surface area contributed by atoms with Crippen molar-refractivity contribution in [2.45, 2.75) is 90.1 Å². The molecule has 2 aliphatic rings. The molecule has 0 N–H and O–H groups in total. The van der Waals surface area contributed by atoms with Gasteiger partial charge in [0, 0.05) is 66.4 Å². The molecule has 4 nitrogen and oxygen atoms in total. The molecule has 0 fully saturated rings. The molecular weight excluding hydrogens is 1140 g/mol. The van der Waals surface area contributed by atoms with E-state index in [1.807, 2.05) is 0 Å². The van der Waals surface area contributed by atoms with Crippen molar-refractivity contribution < 1.29 is 0 Å². The van der Waals surface area contributed by atoms with Crippen LogP contribution in [0.1, 0.15) is 97.8 Å². The van der Waals surface area contributed by atoms with Gasteiger partial charge in [-0.3, -0.25) is 0 Å². The molecule has 2 heterocycles. The zero-order valence-corrected chi connectivity index (χ0v) is 53.6. The number of fused-ring (bicyclic) bond motifs is 8. The van der Waals surface area contributed by atoms with E-state index >= 15 is 0 Å². The summed E-state index contributed by atoms with van der Waals surface area (Å²) in [5, 5.41) is 13.2. The maximum Gasteiger partial charge on any atom is 0.0594 e. The number of hydrogen-bond donors (Lipinski definition) is 0. The van der Waals surface area contributed by atoms with Gasteiger partial charge in [-0.25, -0.2) is 0 Å². The number of benzene rings is 14. The first-order valence-electron chi connectivity index (χ1n) is 34.5. The molecule has 2 aromatic heterocycles. The highest BCUT2D eigenvalue weighted by atomic mass is 15.2. The largest absolute Gasteiger partial charge is 0.333 e. The second-order valence-corrected chi connectivity index (χ2v) is 26.6. The standard InChI is InChI=1S/C90H74N4/c1-3-23-65-55-85(93(81-43-21-31-61-29-11-13-37-71(61)81)69-45-47-77-75-39-15-17-41-83(75)91(87(77)57-69)67-35-19-33-63(53-67)59-25-7-5-8-26-59)79-52-50-74-66(24-4-2)56-86(80-51-49-73(65)89(79)90(74)80)94(82-44-22-32-62-30-12-14-38-72(62)82)70-46-48-78-76-40-16-18-42-84(76)92(88(78)58-70)68-36-20-34-64(54-68)60-27-9-6-10-28-60/h5-20,25-30,33-42,45-58,81-82H,3-4,21-24,31-32,43-44H2,1-2H3. The summed E-state index contributed by atoms with van der Waals surface area (Å²) >= 11 is 0. The van der Waals surface area contributed by atoms with E-state index in [0.717, 1.165) is 75.6 Å². The summed E-state index contributed by atoms with van der Waals surface area (Å²) in [5.41, 5.74) is 25.6. The van der Waals surface area contributed by atoms with E-state index in [1.165, 1.54) is 154 Å². The Morgan fingerprint density at radius 3 is 1.16 bits per heavy atom. The van der Waals surface area contributed by atoms with E-state index in [1.54, 1.807) is 0 Å². The molecule has 2 atom stereocenters. The van der Waals surface area contributed by atoms with E-state index in [2.05, 4.69) is 312 Å². The SMILES string of the molecule is CCCc1cc(N(c2ccc3c4ccccc4n(-c4cccc(-c5ccccc5)c4)c3c2)C2CCCc3ccccc32)c2ccc3c(CCC)cc(N(c4ccc5c6ccccc6n(-c6cccc(-c7ccccc7)c6)c5c4)C4CCCc5ccccc54)c4ccc1c2c34. The number of rotatable bonds is 14. The predicted molar refractivity (Wildman–Crippen MR) is 399 cm³/mol. The van der Waals surface area contributed by atoms with Crippen LogP contribution in [-0.2, 0) is 25.7 Å². The number of aryl methyl sites for hydroxylation is 4. The Labute approximate surface area is 550 Å². The third-order valence-electron chi connectivity index (χ3n) is 21.2. The lowest BCUT2D eigenvalue weighted by Crippen LogP contribution is -2.28. The smallest absolute Gasteiger partial charge is 0.0594 e. The van der Waals surface area contributed by atoms with Gasteiger partial charge >= 0.3 is 0 Å². The van der Waals surface area contributed by atoms with Crippen molar-refractivity contribution in [1.29, 1.82) is 0 Å². The highest BCUT2D eigenvalue weighted by Gasteiger charge is 2.34. The number of aromatic nitrogens is 2. The monoisotopic (exact) mass is 1210 g/mol. The Balaban J connectivity index is 0.894. The van der Waals surface area contributed by atoms with Gasteiger partial charge in [-0.15, -0.1) is 0 Å². The molecule has 454 valence electrons. The summed E-state index contributed by atoms with van der Waals surface area (Å²) in [6.07, 6.45) is 10.6. The minimum absolute atomic E-state index is 0.106. The molecule has 18 rings (SSSR count). The van der Waals surface area contributed by atoms with Crippen molar-refractivity contribution in [3.8, 4) is 33.6 Å². The fourth-order valence-corrected chi connectivity index (χ4v) is 17.1. The Hall–Kier alpha value is -10.7. The van der Waals surface area contributed by atoms with Gasteiger partial charge in [0.05, 0.1) is 34.2 Å². The first-order valence-corrected chi connectivity index (χ1v) is 34.5. The highest BCUT2D eigenvalue weighted by molar-refractivity contribution is 6.29. The first kappa shape index (κ1) is 56.1. The van der Waals surface area contributed by atoms with Crippen molar-refractivity contribution in [2.75, 3.05) is 9.80 Å². The first-order chi connectivity index (χ1) is 46.6.